The predicted molar refractivity (Wildman–Crippen MR) is 182 cm³/mol. The lowest BCUT2D eigenvalue weighted by molar-refractivity contribution is -0.123. The van der Waals surface area contributed by atoms with Crippen LogP contribution in [-0.4, -0.2) is 34.6 Å². The minimum atomic E-state index is -0.396. The normalized spacial score (nSPS) is 27.4. The molecule has 2 aliphatic heterocycles. The number of thiazole rings is 1. The average molecular weight is 758 g/mol. The van der Waals surface area contributed by atoms with Gasteiger partial charge >= 0.3 is 4.87 Å². The van der Waals surface area contributed by atoms with Crippen molar-refractivity contribution in [3.63, 3.8) is 0 Å². The number of anilines is 2. The molecule has 2 bridgehead atoms. The maximum absolute atomic E-state index is 14.0. The Morgan fingerprint density at radius 1 is 0.978 bits per heavy atom. The number of aromatic nitrogens is 1. The summed E-state index contributed by atoms with van der Waals surface area (Å²) in [6.45, 7) is -0.226. The Hall–Kier alpha value is -3.09. The van der Waals surface area contributed by atoms with E-state index in [2.05, 4.69) is 26.2 Å². The number of carbonyl (C=O) groups is 3. The van der Waals surface area contributed by atoms with Crippen molar-refractivity contribution in [2.45, 2.75) is 22.6 Å². The van der Waals surface area contributed by atoms with E-state index >= 15 is 0 Å². The van der Waals surface area contributed by atoms with Gasteiger partial charge in [-0.15, -0.1) is 11.8 Å². The number of thioether (sulfide) groups is 1. The van der Waals surface area contributed by atoms with Crippen LogP contribution in [0, 0.1) is 29.6 Å². The molecular formula is C33H24BrCl2N3O5S2. The quantitative estimate of drug-likeness (QED) is 0.202. The molecule has 3 amide bonds. The predicted octanol–water partition coefficient (Wildman–Crippen LogP) is 7.20. The molecule has 0 radical (unpaired) electrons. The molecule has 2 saturated carbocycles. The maximum Gasteiger partial charge on any atom is 0.305 e. The second kappa shape index (κ2) is 11.6. The molecule has 1 aromatic heterocycles. The Morgan fingerprint density at radius 3 is 2.50 bits per heavy atom. The molecule has 4 aliphatic rings. The first-order valence-corrected chi connectivity index (χ1v) is 17.9. The number of benzene rings is 3. The van der Waals surface area contributed by atoms with Gasteiger partial charge in [0, 0.05) is 26.2 Å². The summed E-state index contributed by atoms with van der Waals surface area (Å²) in [4.78, 5) is 58.3. The highest BCUT2D eigenvalue weighted by Gasteiger charge is 2.69. The fraction of sp³-hybridized carbons (Fsp3) is 0.273. The van der Waals surface area contributed by atoms with E-state index in [-0.39, 0.29) is 64.0 Å². The molecule has 6 unspecified atom stereocenters. The number of ether oxygens (including phenoxy) is 1. The van der Waals surface area contributed by atoms with Gasteiger partial charge in [-0.3, -0.25) is 24.1 Å². The molecule has 4 aromatic rings. The molecule has 2 aliphatic carbocycles. The van der Waals surface area contributed by atoms with E-state index < -0.39 is 5.92 Å². The maximum atomic E-state index is 14.0. The Labute approximate surface area is 289 Å². The van der Waals surface area contributed by atoms with E-state index in [4.69, 9.17) is 27.9 Å². The van der Waals surface area contributed by atoms with Gasteiger partial charge in [0.25, 0.3) is 5.91 Å². The summed E-state index contributed by atoms with van der Waals surface area (Å²) in [5.41, 5.74) is 2.04. The molecule has 3 heterocycles. The number of hydrogen-bond acceptors (Lipinski definition) is 7. The van der Waals surface area contributed by atoms with Gasteiger partial charge in [0.05, 0.1) is 32.6 Å². The largest absolute Gasteiger partial charge is 0.484 e. The zero-order valence-corrected chi connectivity index (χ0v) is 28.5. The van der Waals surface area contributed by atoms with Crippen molar-refractivity contribution in [1.82, 2.24) is 4.98 Å². The number of H-pyrrole nitrogens is 1. The molecule has 2 N–H and O–H groups in total. The standard InChI is InChI=1S/C33H24BrCl2N3O5S2/c34-15-4-7-17(8-5-15)39-31(41)26-19-12-20(27(26)32(39)42)28-25(19)24(29-30(45-28)38-33(43)46-29)14-2-1-3-18(10-14)44-13-23(40)37-16-6-9-21(35)22(36)11-16/h1-11,19-20,24-28H,12-13H2,(H,37,40)(H,38,43)/t19?,20?,24-,25?,26?,27?,28?/m1/s1. The monoisotopic (exact) mass is 755 g/mol. The Balaban J connectivity index is 1.08. The molecule has 46 heavy (non-hydrogen) atoms. The lowest BCUT2D eigenvalue weighted by Gasteiger charge is -2.43. The van der Waals surface area contributed by atoms with Crippen molar-refractivity contribution in [2.75, 3.05) is 16.8 Å². The first-order chi connectivity index (χ1) is 22.2. The van der Waals surface area contributed by atoms with Crippen molar-refractivity contribution in [3.8, 4) is 5.75 Å². The highest BCUT2D eigenvalue weighted by Crippen LogP contribution is 2.68. The number of fused-ring (bicyclic) bond motifs is 9. The van der Waals surface area contributed by atoms with Crippen LogP contribution >= 0.6 is 62.2 Å². The molecule has 3 fully saturated rings. The molecule has 13 heteroatoms. The van der Waals surface area contributed by atoms with Crippen LogP contribution in [0.2, 0.25) is 10.0 Å². The number of imide groups is 1. The molecule has 7 atom stereocenters. The van der Waals surface area contributed by atoms with Gasteiger partial charge in [-0.2, -0.15) is 0 Å². The third kappa shape index (κ3) is 4.93. The van der Waals surface area contributed by atoms with Crippen LogP contribution in [0.4, 0.5) is 11.4 Å². The summed E-state index contributed by atoms with van der Waals surface area (Å²) < 4.78 is 6.79. The van der Waals surface area contributed by atoms with Gasteiger partial charge in [-0.25, -0.2) is 0 Å². The topological polar surface area (TPSA) is 109 Å². The Morgan fingerprint density at radius 2 is 1.74 bits per heavy atom. The SMILES string of the molecule is O=C(COc1cccc([C@H]2c3sc(=O)[nH]c3SC3C4CC(C5C(=O)N(c6ccc(Br)cc6)C(=O)C45)C32)c1)Nc1ccc(Cl)c(Cl)c1. The number of nitrogens with one attached hydrogen (secondary N) is 2. The van der Waals surface area contributed by atoms with Gasteiger partial charge in [0.1, 0.15) is 5.75 Å². The van der Waals surface area contributed by atoms with E-state index in [1.165, 1.54) is 16.2 Å². The fourth-order valence-electron chi connectivity index (χ4n) is 7.95. The minimum absolute atomic E-state index is 0.0127. The van der Waals surface area contributed by atoms with E-state index in [1.54, 1.807) is 48.2 Å². The van der Waals surface area contributed by atoms with Gasteiger partial charge in [0.2, 0.25) is 11.8 Å². The Bertz CT molecular complexity index is 1980. The number of halogens is 3. The lowest BCUT2D eigenvalue weighted by Crippen LogP contribution is -2.42. The first-order valence-electron chi connectivity index (χ1n) is 14.7. The summed E-state index contributed by atoms with van der Waals surface area (Å²) in [7, 11) is 0. The van der Waals surface area contributed by atoms with Crippen LogP contribution in [0.15, 0.2) is 81.0 Å². The number of hydrogen-bond donors (Lipinski definition) is 2. The van der Waals surface area contributed by atoms with E-state index in [0.717, 1.165) is 26.4 Å². The van der Waals surface area contributed by atoms with Gasteiger partial charge in [-0.05, 0) is 84.3 Å². The number of amides is 3. The fourth-order valence-corrected chi connectivity index (χ4v) is 11.4. The number of nitrogens with zero attached hydrogens (tertiary/aromatic N) is 1. The van der Waals surface area contributed by atoms with Crippen molar-refractivity contribution in [1.29, 1.82) is 0 Å². The van der Waals surface area contributed by atoms with Crippen molar-refractivity contribution >= 4 is 91.3 Å². The molecule has 8 rings (SSSR count). The van der Waals surface area contributed by atoms with Crippen molar-refractivity contribution in [3.05, 3.63) is 101 Å². The van der Waals surface area contributed by atoms with Gasteiger partial charge in [0.15, 0.2) is 6.61 Å². The number of rotatable bonds is 6. The third-order valence-electron chi connectivity index (χ3n) is 9.60. The highest BCUT2D eigenvalue weighted by atomic mass is 79.9. The van der Waals surface area contributed by atoms with Crippen molar-refractivity contribution < 1.29 is 19.1 Å². The van der Waals surface area contributed by atoms with E-state index in [9.17, 15) is 19.2 Å². The summed E-state index contributed by atoms with van der Waals surface area (Å²) in [6.07, 6.45) is 0.796. The van der Waals surface area contributed by atoms with Crippen LogP contribution in [-0.2, 0) is 14.4 Å². The molecule has 234 valence electrons. The molecule has 0 spiro atoms. The van der Waals surface area contributed by atoms with Gasteiger partial charge < -0.3 is 15.0 Å². The van der Waals surface area contributed by atoms with Crippen LogP contribution < -0.4 is 19.8 Å². The highest BCUT2D eigenvalue weighted by molar-refractivity contribution is 9.10. The number of carbonyl (C=O) groups excluding carboxylic acids is 3. The summed E-state index contributed by atoms with van der Waals surface area (Å²) >= 11 is 18.3. The third-order valence-corrected chi connectivity index (χ3v) is 13.5. The van der Waals surface area contributed by atoms with Gasteiger partial charge in [-0.1, -0.05) is 62.6 Å². The van der Waals surface area contributed by atoms with E-state index in [0.29, 0.717) is 27.2 Å². The second-order valence-electron chi connectivity index (χ2n) is 12.0. The van der Waals surface area contributed by atoms with Crippen molar-refractivity contribution in [2.24, 2.45) is 29.6 Å². The molecular weight excluding hydrogens is 733 g/mol. The zero-order valence-electron chi connectivity index (χ0n) is 23.7. The lowest BCUT2D eigenvalue weighted by atomic mass is 9.68. The number of aromatic amines is 1. The van der Waals surface area contributed by atoms with Crippen LogP contribution in [0.1, 0.15) is 22.8 Å². The first kappa shape index (κ1) is 30.3. The van der Waals surface area contributed by atoms with Crippen LogP contribution in [0.25, 0.3) is 0 Å². The van der Waals surface area contributed by atoms with Crippen LogP contribution in [0.5, 0.6) is 5.75 Å². The summed E-state index contributed by atoms with van der Waals surface area (Å²) in [5.74, 6) is -0.988. The smallest absolute Gasteiger partial charge is 0.305 e. The van der Waals surface area contributed by atoms with E-state index in [1.807, 2.05) is 30.3 Å². The van der Waals surface area contributed by atoms with Crippen LogP contribution in [0.3, 0.4) is 0 Å². The zero-order chi connectivity index (χ0) is 31.9. The molecule has 3 aromatic carbocycles. The summed E-state index contributed by atoms with van der Waals surface area (Å²) in [6, 6.07) is 19.7. The molecule has 1 saturated heterocycles. The second-order valence-corrected chi connectivity index (χ2v) is 15.9. The summed E-state index contributed by atoms with van der Waals surface area (Å²) in [5, 5.41) is 4.38. The average Bonchev–Trinajstić information content (AvgIpc) is 3.77. The Kier molecular flexibility index (Phi) is 7.60. The minimum Gasteiger partial charge on any atom is -0.484 e. The molecule has 8 nitrogen and oxygen atoms in total.